The van der Waals surface area contributed by atoms with Crippen molar-refractivity contribution < 1.29 is 9.36 Å². The van der Waals surface area contributed by atoms with Crippen LogP contribution in [0.4, 0.5) is 0 Å². The Bertz CT molecular complexity index is 195. The van der Waals surface area contributed by atoms with Gasteiger partial charge in [-0.1, -0.05) is 11.2 Å². The van der Waals surface area contributed by atoms with Gasteiger partial charge in [-0.3, -0.25) is 4.79 Å². The first-order valence-electron chi connectivity index (χ1n) is 3.50. The number of halogens is 3. The molecule has 1 unspecified atom stereocenters. The van der Waals surface area contributed by atoms with E-state index in [1.54, 1.807) is 0 Å². The zero-order valence-electron chi connectivity index (χ0n) is 6.43. The second-order valence-electron chi connectivity index (χ2n) is 2.38. The van der Waals surface area contributed by atoms with E-state index in [1.165, 1.54) is 0 Å². The van der Waals surface area contributed by atoms with E-state index in [2.05, 4.69) is 0 Å². The Balaban J connectivity index is 3.71. The quantitative estimate of drug-likeness (QED) is 0.412. The molecule has 0 amide bonds. The van der Waals surface area contributed by atoms with Gasteiger partial charge in [-0.25, -0.2) is 0 Å². The third-order valence-electron chi connectivity index (χ3n) is 1.27. The standard InChI is InChI=1S/C6H10Cl3O2P/c7-3-1-4-12(9,11)5-2-6(8)10/h1-5H2. The van der Waals surface area contributed by atoms with Gasteiger partial charge in [0.1, 0.15) is 0 Å². The molecule has 0 rings (SSSR count). The molecule has 1 atom stereocenters. The lowest BCUT2D eigenvalue weighted by atomic mass is 10.5. The van der Waals surface area contributed by atoms with Gasteiger partial charge in [-0.15, -0.1) is 11.6 Å². The molecule has 0 radical (unpaired) electrons. The zero-order valence-corrected chi connectivity index (χ0v) is 9.60. The highest BCUT2D eigenvalue weighted by Crippen LogP contribution is 2.52. The second-order valence-corrected chi connectivity index (χ2v) is 7.51. The molecule has 0 spiro atoms. The summed E-state index contributed by atoms with van der Waals surface area (Å²) < 4.78 is 11.4. The Hall–Kier alpha value is 0.770. The van der Waals surface area contributed by atoms with E-state index in [1.807, 2.05) is 0 Å². The van der Waals surface area contributed by atoms with E-state index in [-0.39, 0.29) is 12.6 Å². The summed E-state index contributed by atoms with van der Waals surface area (Å²) in [6.45, 7) is -2.68. The minimum atomic E-state index is -2.68. The summed E-state index contributed by atoms with van der Waals surface area (Å²) in [5.74, 6) is 0.436. The molecule has 0 bridgehead atoms. The molecule has 2 nitrogen and oxygen atoms in total. The van der Waals surface area contributed by atoms with Gasteiger partial charge in [0, 0.05) is 24.6 Å². The minimum absolute atomic E-state index is 0.0740. The van der Waals surface area contributed by atoms with Gasteiger partial charge in [-0.05, 0) is 18.0 Å². The fraction of sp³-hybridized carbons (Fsp3) is 0.833. The molecule has 0 N–H and O–H groups in total. The highest BCUT2D eigenvalue weighted by molar-refractivity contribution is 7.89. The number of hydrogen-bond donors (Lipinski definition) is 0. The maximum atomic E-state index is 11.4. The Kier molecular flexibility index (Phi) is 6.66. The number of hydrogen-bond acceptors (Lipinski definition) is 2. The summed E-state index contributed by atoms with van der Waals surface area (Å²) >= 11 is 16.1. The van der Waals surface area contributed by atoms with E-state index in [0.717, 1.165) is 0 Å². The van der Waals surface area contributed by atoms with Crippen LogP contribution in [0.25, 0.3) is 0 Å². The molecule has 0 aromatic heterocycles. The van der Waals surface area contributed by atoms with E-state index < -0.39 is 11.7 Å². The van der Waals surface area contributed by atoms with Gasteiger partial charge in [-0.2, -0.15) is 0 Å². The molecule has 0 aliphatic heterocycles. The molecule has 0 fully saturated rings. The monoisotopic (exact) mass is 250 g/mol. The molecular formula is C6H10Cl3O2P. The van der Waals surface area contributed by atoms with Gasteiger partial charge in [0.05, 0.1) is 0 Å². The van der Waals surface area contributed by atoms with Crippen LogP contribution in [0.3, 0.4) is 0 Å². The van der Waals surface area contributed by atoms with E-state index >= 15 is 0 Å². The third-order valence-corrected chi connectivity index (χ3v) is 4.61. The molecule has 12 heavy (non-hydrogen) atoms. The third kappa shape index (κ3) is 7.42. The Morgan fingerprint density at radius 1 is 1.33 bits per heavy atom. The smallest absolute Gasteiger partial charge is 0.222 e. The van der Waals surface area contributed by atoms with Crippen LogP contribution in [0.5, 0.6) is 0 Å². The van der Waals surface area contributed by atoms with Crippen molar-refractivity contribution in [2.24, 2.45) is 0 Å². The highest BCUT2D eigenvalue weighted by atomic mass is 35.7. The molecule has 0 aromatic carbocycles. The second kappa shape index (κ2) is 6.26. The first-order chi connectivity index (χ1) is 5.48. The summed E-state index contributed by atoms with van der Waals surface area (Å²) in [7, 11) is 0. The van der Waals surface area contributed by atoms with Crippen LogP contribution in [0.2, 0.25) is 0 Å². The first-order valence-corrected chi connectivity index (χ1v) is 7.39. The number of carbonyl (C=O) groups is 1. The van der Waals surface area contributed by atoms with Gasteiger partial charge < -0.3 is 4.57 Å². The van der Waals surface area contributed by atoms with Crippen LogP contribution in [0.1, 0.15) is 12.8 Å². The average Bonchev–Trinajstić information content (AvgIpc) is 1.98. The van der Waals surface area contributed by atoms with E-state index in [0.29, 0.717) is 18.5 Å². The van der Waals surface area contributed by atoms with Crippen molar-refractivity contribution in [3.05, 3.63) is 0 Å². The molecule has 0 aromatic rings. The summed E-state index contributed by atoms with van der Waals surface area (Å²) in [5.41, 5.74) is 0. The highest BCUT2D eigenvalue weighted by Gasteiger charge is 2.18. The van der Waals surface area contributed by atoms with Gasteiger partial charge >= 0.3 is 0 Å². The SMILES string of the molecule is O=C(Cl)CCP(=O)(Cl)CCCCl. The van der Waals surface area contributed by atoms with Crippen molar-refractivity contribution in [2.45, 2.75) is 12.8 Å². The molecule has 0 aliphatic rings. The van der Waals surface area contributed by atoms with Crippen molar-refractivity contribution in [3.63, 3.8) is 0 Å². The lowest BCUT2D eigenvalue weighted by Crippen LogP contribution is -1.95. The van der Waals surface area contributed by atoms with Crippen molar-refractivity contribution in [2.75, 3.05) is 18.2 Å². The molecule has 0 saturated heterocycles. The number of carbonyl (C=O) groups excluding carboxylic acids is 1. The molecule has 72 valence electrons. The van der Waals surface area contributed by atoms with Gasteiger partial charge in [0.2, 0.25) is 5.24 Å². The lowest BCUT2D eigenvalue weighted by molar-refractivity contribution is -0.111. The summed E-state index contributed by atoms with van der Waals surface area (Å²) in [4.78, 5) is 10.3. The van der Waals surface area contributed by atoms with Crippen molar-refractivity contribution in [1.29, 1.82) is 0 Å². The Morgan fingerprint density at radius 2 is 1.92 bits per heavy atom. The van der Waals surface area contributed by atoms with Crippen molar-refractivity contribution >= 4 is 46.2 Å². The molecule has 6 heteroatoms. The predicted molar refractivity (Wildman–Crippen MR) is 54.0 cm³/mol. The summed E-state index contributed by atoms with van der Waals surface area (Å²) in [6.07, 6.45) is 1.24. The maximum Gasteiger partial charge on any atom is 0.222 e. The van der Waals surface area contributed by atoms with E-state index in [9.17, 15) is 9.36 Å². The summed E-state index contributed by atoms with van der Waals surface area (Å²) in [6, 6.07) is 0. The van der Waals surface area contributed by atoms with Crippen LogP contribution in [-0.4, -0.2) is 23.4 Å². The largest absolute Gasteiger partial charge is 0.307 e. The first kappa shape index (κ1) is 12.8. The number of rotatable bonds is 6. The van der Waals surface area contributed by atoms with Crippen LogP contribution < -0.4 is 0 Å². The molecular weight excluding hydrogens is 241 g/mol. The van der Waals surface area contributed by atoms with Gasteiger partial charge in [0.15, 0.2) is 6.49 Å². The van der Waals surface area contributed by atoms with Crippen LogP contribution in [0, 0.1) is 0 Å². The number of alkyl halides is 1. The average molecular weight is 251 g/mol. The fourth-order valence-electron chi connectivity index (χ4n) is 0.663. The Morgan fingerprint density at radius 3 is 2.33 bits per heavy atom. The maximum absolute atomic E-state index is 11.4. The predicted octanol–water partition coefficient (Wildman–Crippen LogP) is 3.29. The fourth-order valence-corrected chi connectivity index (χ4v) is 3.21. The van der Waals surface area contributed by atoms with Crippen LogP contribution in [-0.2, 0) is 9.36 Å². The minimum Gasteiger partial charge on any atom is -0.307 e. The normalized spacial score (nSPS) is 15.6. The van der Waals surface area contributed by atoms with Crippen molar-refractivity contribution in [1.82, 2.24) is 0 Å². The Labute approximate surface area is 86.7 Å². The van der Waals surface area contributed by atoms with Crippen LogP contribution in [0.15, 0.2) is 0 Å². The van der Waals surface area contributed by atoms with Crippen molar-refractivity contribution in [3.8, 4) is 0 Å². The zero-order chi connectivity index (χ0) is 9.61. The van der Waals surface area contributed by atoms with Crippen LogP contribution >= 0.6 is 40.9 Å². The molecule has 0 aliphatic carbocycles. The lowest BCUT2D eigenvalue weighted by Gasteiger charge is -2.06. The van der Waals surface area contributed by atoms with E-state index in [4.69, 9.17) is 34.4 Å². The topological polar surface area (TPSA) is 34.1 Å². The van der Waals surface area contributed by atoms with Gasteiger partial charge in [0.25, 0.3) is 0 Å². The molecule has 0 saturated carbocycles. The molecule has 0 heterocycles. The summed E-state index contributed by atoms with van der Waals surface area (Å²) in [5, 5.41) is -0.498.